The number of ether oxygens (including phenoxy) is 1. The predicted octanol–water partition coefficient (Wildman–Crippen LogP) is 3.77. The molecule has 3 heterocycles. The van der Waals surface area contributed by atoms with Gasteiger partial charge in [0.2, 0.25) is 11.9 Å². The van der Waals surface area contributed by atoms with Crippen LogP contribution in [-0.2, 0) is 9.53 Å². The van der Waals surface area contributed by atoms with Crippen LogP contribution < -0.4 is 15.5 Å². The van der Waals surface area contributed by atoms with Crippen molar-refractivity contribution in [1.82, 2.24) is 19.6 Å². The first-order chi connectivity index (χ1) is 17.0. The molecule has 0 bridgehead atoms. The summed E-state index contributed by atoms with van der Waals surface area (Å²) in [6.07, 6.45) is 4.29. The van der Waals surface area contributed by atoms with E-state index in [1.54, 1.807) is 29.3 Å². The van der Waals surface area contributed by atoms with Gasteiger partial charge in [-0.2, -0.15) is 0 Å². The Hall–Kier alpha value is -4.38. The molecular formula is C24H21F2N7O2. The Balaban J connectivity index is 1.44. The van der Waals surface area contributed by atoms with Gasteiger partial charge in [-0.1, -0.05) is 18.7 Å². The van der Waals surface area contributed by atoms with Gasteiger partial charge in [-0.25, -0.2) is 23.3 Å². The molecule has 1 aliphatic rings. The Morgan fingerprint density at radius 2 is 1.89 bits per heavy atom. The molecule has 5 rings (SSSR count). The molecule has 2 aromatic carbocycles. The van der Waals surface area contributed by atoms with Gasteiger partial charge in [0.05, 0.1) is 37.0 Å². The molecule has 9 nitrogen and oxygen atoms in total. The van der Waals surface area contributed by atoms with Crippen LogP contribution >= 0.6 is 0 Å². The third-order valence-corrected chi connectivity index (χ3v) is 5.51. The van der Waals surface area contributed by atoms with E-state index < -0.39 is 11.6 Å². The van der Waals surface area contributed by atoms with Crippen LogP contribution in [0.4, 0.5) is 31.8 Å². The van der Waals surface area contributed by atoms with E-state index in [1.165, 1.54) is 28.9 Å². The minimum absolute atomic E-state index is 0.0605. The number of aromatic nitrogens is 4. The number of carbonyl (C=O) groups is 1. The molecule has 11 heteroatoms. The van der Waals surface area contributed by atoms with Gasteiger partial charge in [-0.05, 0) is 30.3 Å². The summed E-state index contributed by atoms with van der Waals surface area (Å²) in [4.78, 5) is 22.0. The molecule has 0 radical (unpaired) electrons. The quantitative estimate of drug-likeness (QED) is 0.408. The highest BCUT2D eigenvalue weighted by Gasteiger charge is 2.21. The summed E-state index contributed by atoms with van der Waals surface area (Å²) in [6, 6.07) is 10.0. The second-order valence-electron chi connectivity index (χ2n) is 7.76. The van der Waals surface area contributed by atoms with Crippen molar-refractivity contribution in [2.75, 3.05) is 41.8 Å². The number of fused-ring (bicyclic) bond motifs is 1. The van der Waals surface area contributed by atoms with E-state index >= 15 is 0 Å². The van der Waals surface area contributed by atoms with Crippen molar-refractivity contribution in [3.63, 3.8) is 0 Å². The number of hydrogen-bond donors (Lipinski definition) is 2. The Morgan fingerprint density at radius 1 is 1.09 bits per heavy atom. The van der Waals surface area contributed by atoms with Gasteiger partial charge in [0.25, 0.3) is 0 Å². The van der Waals surface area contributed by atoms with Gasteiger partial charge in [-0.3, -0.25) is 4.79 Å². The van der Waals surface area contributed by atoms with E-state index in [0.29, 0.717) is 48.9 Å². The number of benzene rings is 2. The number of hydrogen-bond acceptors (Lipinski definition) is 7. The van der Waals surface area contributed by atoms with E-state index in [-0.39, 0.29) is 23.2 Å². The molecule has 178 valence electrons. The lowest BCUT2D eigenvalue weighted by molar-refractivity contribution is -0.111. The van der Waals surface area contributed by atoms with E-state index in [0.717, 1.165) is 0 Å². The van der Waals surface area contributed by atoms with Crippen LogP contribution in [0.3, 0.4) is 0 Å². The molecular weight excluding hydrogens is 456 g/mol. The molecule has 2 aromatic heterocycles. The zero-order valence-corrected chi connectivity index (χ0v) is 18.5. The van der Waals surface area contributed by atoms with Crippen LogP contribution in [0.25, 0.3) is 16.9 Å². The van der Waals surface area contributed by atoms with Gasteiger partial charge in [0.1, 0.15) is 5.52 Å². The molecule has 1 aliphatic heterocycles. The summed E-state index contributed by atoms with van der Waals surface area (Å²) in [5.41, 5.74) is 1.95. The maximum atomic E-state index is 14.9. The van der Waals surface area contributed by atoms with Crippen LogP contribution in [0.15, 0.2) is 61.4 Å². The molecule has 0 atom stereocenters. The van der Waals surface area contributed by atoms with Crippen LogP contribution in [-0.4, -0.2) is 51.8 Å². The lowest BCUT2D eigenvalue weighted by atomic mass is 10.2. The highest BCUT2D eigenvalue weighted by Crippen LogP contribution is 2.29. The third kappa shape index (κ3) is 4.53. The Bertz CT molecular complexity index is 1420. The van der Waals surface area contributed by atoms with Crippen LogP contribution in [0, 0.1) is 11.6 Å². The van der Waals surface area contributed by atoms with Crippen LogP contribution in [0.5, 0.6) is 0 Å². The zero-order chi connectivity index (χ0) is 24.4. The van der Waals surface area contributed by atoms with Crippen molar-refractivity contribution < 1.29 is 18.3 Å². The first-order valence-corrected chi connectivity index (χ1v) is 10.9. The molecule has 0 aliphatic carbocycles. The summed E-state index contributed by atoms with van der Waals surface area (Å²) < 4.78 is 36.5. The van der Waals surface area contributed by atoms with Crippen LogP contribution in [0.2, 0.25) is 0 Å². The fourth-order valence-corrected chi connectivity index (χ4v) is 3.79. The number of anilines is 4. The number of amides is 1. The highest BCUT2D eigenvalue weighted by molar-refractivity contribution is 5.99. The smallest absolute Gasteiger partial charge is 0.247 e. The molecule has 0 saturated carbocycles. The molecule has 2 N–H and O–H groups in total. The minimum atomic E-state index is -1.02. The average Bonchev–Trinajstić information content (AvgIpc) is 3.31. The fraction of sp³-hybridized carbons (Fsp3) is 0.167. The minimum Gasteiger partial charge on any atom is -0.378 e. The van der Waals surface area contributed by atoms with Crippen molar-refractivity contribution in [1.29, 1.82) is 0 Å². The molecule has 1 fully saturated rings. The Labute approximate surface area is 199 Å². The van der Waals surface area contributed by atoms with Crippen molar-refractivity contribution in [3.05, 3.63) is 73.1 Å². The number of imidazole rings is 1. The van der Waals surface area contributed by atoms with Gasteiger partial charge in [-0.15, -0.1) is 5.10 Å². The maximum absolute atomic E-state index is 14.9. The number of rotatable bonds is 6. The second kappa shape index (κ2) is 9.47. The molecule has 1 saturated heterocycles. The first kappa shape index (κ1) is 22.4. The summed E-state index contributed by atoms with van der Waals surface area (Å²) in [7, 11) is 0. The van der Waals surface area contributed by atoms with E-state index in [4.69, 9.17) is 4.74 Å². The number of carbonyl (C=O) groups excluding carboxylic acids is 1. The lowest BCUT2D eigenvalue weighted by Crippen LogP contribution is -2.36. The molecule has 0 unspecified atom stereocenters. The normalized spacial score (nSPS) is 13.6. The largest absolute Gasteiger partial charge is 0.378 e. The topological polar surface area (TPSA) is 96.7 Å². The van der Waals surface area contributed by atoms with Crippen LogP contribution in [0.1, 0.15) is 0 Å². The van der Waals surface area contributed by atoms with Gasteiger partial charge >= 0.3 is 0 Å². The zero-order valence-electron chi connectivity index (χ0n) is 18.5. The third-order valence-electron chi connectivity index (χ3n) is 5.51. The van der Waals surface area contributed by atoms with Gasteiger partial charge < -0.3 is 20.3 Å². The lowest BCUT2D eigenvalue weighted by Gasteiger charge is -2.29. The number of morpholine rings is 1. The van der Waals surface area contributed by atoms with Gasteiger partial charge in [0, 0.05) is 24.3 Å². The fourth-order valence-electron chi connectivity index (χ4n) is 3.79. The number of halogens is 2. The maximum Gasteiger partial charge on any atom is 0.247 e. The molecule has 4 aromatic rings. The number of nitrogens with one attached hydrogen (secondary N) is 2. The van der Waals surface area contributed by atoms with Gasteiger partial charge in [0.15, 0.2) is 17.5 Å². The summed E-state index contributed by atoms with van der Waals surface area (Å²) >= 11 is 0. The summed E-state index contributed by atoms with van der Waals surface area (Å²) in [5.74, 6) is -1.76. The monoisotopic (exact) mass is 477 g/mol. The number of nitrogens with zero attached hydrogens (tertiary/aromatic N) is 5. The molecule has 0 spiro atoms. The predicted molar refractivity (Wildman–Crippen MR) is 128 cm³/mol. The van der Waals surface area contributed by atoms with E-state index in [2.05, 4.69) is 32.3 Å². The van der Waals surface area contributed by atoms with Crippen molar-refractivity contribution in [2.24, 2.45) is 0 Å². The summed E-state index contributed by atoms with van der Waals surface area (Å²) in [6.45, 7) is 5.35. The van der Waals surface area contributed by atoms with Crippen molar-refractivity contribution in [3.8, 4) is 11.4 Å². The standard InChI is InChI=1S/C24H21F2N7O2/c1-2-20(34)29-16-5-3-4-15(12-16)23-27-13-17-14-28-24(31-33(17)23)30-18-6-7-19(22(26)21(18)25)32-8-10-35-11-9-32/h2-7,12-14H,1,8-11H2,(H,29,34)(H,30,31). The molecule has 35 heavy (non-hydrogen) atoms. The Morgan fingerprint density at radius 3 is 2.69 bits per heavy atom. The summed E-state index contributed by atoms with van der Waals surface area (Å²) in [5, 5.41) is 9.86. The average molecular weight is 477 g/mol. The first-order valence-electron chi connectivity index (χ1n) is 10.9. The Kier molecular flexibility index (Phi) is 6.06. The highest BCUT2D eigenvalue weighted by atomic mass is 19.2. The van der Waals surface area contributed by atoms with E-state index in [1.807, 2.05) is 6.07 Å². The van der Waals surface area contributed by atoms with Crippen molar-refractivity contribution in [2.45, 2.75) is 0 Å². The SMILES string of the molecule is C=CC(=O)Nc1cccc(-c2ncc3cnc(Nc4ccc(N5CCOCC5)c(F)c4F)nn23)c1. The van der Waals surface area contributed by atoms with E-state index in [9.17, 15) is 13.6 Å². The second-order valence-corrected chi connectivity index (χ2v) is 7.76. The molecule has 1 amide bonds. The van der Waals surface area contributed by atoms with Crippen molar-refractivity contribution >= 4 is 34.4 Å².